The number of nitrogens with zero attached hydrogens (tertiary/aromatic N) is 5. The maximum Gasteiger partial charge on any atom is 0.414 e. The summed E-state index contributed by atoms with van der Waals surface area (Å²) in [5, 5.41) is 19.3. The second-order valence-corrected chi connectivity index (χ2v) is 7.28. The molecule has 1 saturated heterocycles. The number of anilines is 4. The summed E-state index contributed by atoms with van der Waals surface area (Å²) < 4.78 is 4.84. The number of hydrogen-bond acceptors (Lipinski definition) is 9. The van der Waals surface area contributed by atoms with Crippen LogP contribution in [0.4, 0.5) is 27.8 Å². The molecule has 0 aliphatic carbocycles. The molecule has 156 valence electrons. The lowest BCUT2D eigenvalue weighted by atomic mass is 10.1. The molecule has 0 unspecified atom stereocenters. The molecule has 0 spiro atoms. The van der Waals surface area contributed by atoms with Crippen LogP contribution < -0.4 is 20.9 Å². The molecule has 2 aromatic heterocycles. The van der Waals surface area contributed by atoms with Gasteiger partial charge in [0, 0.05) is 12.6 Å². The maximum atomic E-state index is 12.0. The number of methoxy groups -OCH3 is 1. The minimum atomic E-state index is -0.412. The van der Waals surface area contributed by atoms with Crippen molar-refractivity contribution < 1.29 is 9.53 Å². The number of aromatic nitrogens is 3. The van der Waals surface area contributed by atoms with Crippen molar-refractivity contribution in [3.63, 3.8) is 0 Å². The van der Waals surface area contributed by atoms with E-state index in [1.807, 2.05) is 6.07 Å². The van der Waals surface area contributed by atoms with E-state index in [-0.39, 0.29) is 0 Å². The smallest absolute Gasteiger partial charge is 0.414 e. The molecule has 0 atom stereocenters. The lowest BCUT2D eigenvalue weighted by Crippen LogP contribution is -2.36. The molecule has 0 aromatic carbocycles. The van der Waals surface area contributed by atoms with Gasteiger partial charge in [-0.2, -0.15) is 5.26 Å². The first-order chi connectivity index (χ1) is 14.7. The first-order valence-electron chi connectivity index (χ1n) is 10.0. The number of hydrogen-bond donors (Lipinski definition) is 3. The van der Waals surface area contributed by atoms with Crippen molar-refractivity contribution in [2.45, 2.75) is 31.7 Å². The van der Waals surface area contributed by atoms with Gasteiger partial charge >= 0.3 is 6.09 Å². The topological polar surface area (TPSA) is 128 Å². The van der Waals surface area contributed by atoms with Crippen LogP contribution in [-0.4, -0.2) is 53.8 Å². The highest BCUT2D eigenvalue weighted by Crippen LogP contribution is 2.28. The average molecular weight is 408 g/mol. The Morgan fingerprint density at radius 3 is 2.93 bits per heavy atom. The fourth-order valence-corrected chi connectivity index (χ4v) is 3.75. The summed E-state index contributed by atoms with van der Waals surface area (Å²) in [5.74, 6) is 0.416. The molecule has 30 heavy (non-hydrogen) atoms. The Balaban J connectivity index is 1.53. The zero-order chi connectivity index (χ0) is 20.9. The van der Waals surface area contributed by atoms with E-state index < -0.39 is 6.09 Å². The summed E-state index contributed by atoms with van der Waals surface area (Å²) in [7, 11) is 1.36. The monoisotopic (exact) mass is 408 g/mol. The standard InChI is InChI=1S/C20H24N8O2/c1-30-20(29)28-8-2-3-15-18(28)12-24-19(27-15)26-14-9-16(17(10-21)23-11-14)25-13-4-6-22-7-5-13/h9,11-13,22,25H,2-8H2,1H3,(H,24,26,27). The Morgan fingerprint density at radius 1 is 1.33 bits per heavy atom. The van der Waals surface area contributed by atoms with E-state index >= 15 is 0 Å². The van der Waals surface area contributed by atoms with Gasteiger partial charge in [-0.1, -0.05) is 0 Å². The van der Waals surface area contributed by atoms with Gasteiger partial charge in [0.25, 0.3) is 0 Å². The van der Waals surface area contributed by atoms with Gasteiger partial charge in [0.1, 0.15) is 6.07 Å². The van der Waals surface area contributed by atoms with Crippen LogP contribution in [0.3, 0.4) is 0 Å². The average Bonchev–Trinajstić information content (AvgIpc) is 2.79. The molecular formula is C20H24N8O2. The summed E-state index contributed by atoms with van der Waals surface area (Å²) in [6, 6.07) is 4.30. The second kappa shape index (κ2) is 8.92. The maximum absolute atomic E-state index is 12.0. The van der Waals surface area contributed by atoms with Crippen LogP contribution in [-0.2, 0) is 11.2 Å². The Bertz CT molecular complexity index is 968. The van der Waals surface area contributed by atoms with Crippen molar-refractivity contribution in [3.8, 4) is 6.07 Å². The number of carbonyl (C=O) groups excluding carboxylic acids is 1. The number of aryl methyl sites for hydroxylation is 1. The molecule has 2 aliphatic rings. The first-order valence-corrected chi connectivity index (χ1v) is 10.0. The van der Waals surface area contributed by atoms with Gasteiger partial charge in [-0.3, -0.25) is 4.90 Å². The SMILES string of the molecule is COC(=O)N1CCCc2nc(Nc3cnc(C#N)c(NC4CCNCC4)c3)ncc21. The van der Waals surface area contributed by atoms with E-state index in [1.54, 1.807) is 17.3 Å². The van der Waals surface area contributed by atoms with Gasteiger partial charge < -0.3 is 20.7 Å². The minimum Gasteiger partial charge on any atom is -0.452 e. The normalized spacial score (nSPS) is 16.3. The van der Waals surface area contributed by atoms with E-state index in [4.69, 9.17) is 4.74 Å². The number of rotatable bonds is 4. The molecular weight excluding hydrogens is 384 g/mol. The van der Waals surface area contributed by atoms with E-state index in [2.05, 4.69) is 37.0 Å². The number of pyridine rings is 1. The minimum absolute atomic E-state index is 0.305. The fraction of sp³-hybridized carbons (Fsp3) is 0.450. The number of fused-ring (bicyclic) bond motifs is 1. The third kappa shape index (κ3) is 4.26. The Hall–Kier alpha value is -3.45. The molecule has 10 heteroatoms. The number of nitriles is 1. The third-order valence-corrected chi connectivity index (χ3v) is 5.28. The number of carbonyl (C=O) groups is 1. The third-order valence-electron chi connectivity index (χ3n) is 5.28. The Morgan fingerprint density at radius 2 is 2.17 bits per heavy atom. The highest BCUT2D eigenvalue weighted by molar-refractivity contribution is 5.88. The van der Waals surface area contributed by atoms with E-state index in [0.29, 0.717) is 41.3 Å². The first kappa shape index (κ1) is 19.8. The van der Waals surface area contributed by atoms with Crippen molar-refractivity contribution in [2.75, 3.05) is 42.3 Å². The van der Waals surface area contributed by atoms with Gasteiger partial charge in [0.05, 0.1) is 42.3 Å². The van der Waals surface area contributed by atoms with Gasteiger partial charge in [0.2, 0.25) is 5.95 Å². The highest BCUT2D eigenvalue weighted by atomic mass is 16.5. The molecule has 1 fully saturated rings. The zero-order valence-electron chi connectivity index (χ0n) is 16.8. The van der Waals surface area contributed by atoms with Crippen molar-refractivity contribution in [1.82, 2.24) is 20.3 Å². The predicted molar refractivity (Wildman–Crippen MR) is 112 cm³/mol. The molecule has 1 amide bonds. The van der Waals surface area contributed by atoms with Gasteiger partial charge in [0.15, 0.2) is 5.69 Å². The van der Waals surface area contributed by atoms with Crippen LogP contribution in [0.1, 0.15) is 30.7 Å². The van der Waals surface area contributed by atoms with Crippen LogP contribution in [0.5, 0.6) is 0 Å². The Kier molecular flexibility index (Phi) is 5.90. The summed E-state index contributed by atoms with van der Waals surface area (Å²) >= 11 is 0. The Labute approximate surface area is 174 Å². The van der Waals surface area contributed by atoms with E-state index in [9.17, 15) is 10.1 Å². The van der Waals surface area contributed by atoms with Crippen molar-refractivity contribution in [3.05, 3.63) is 29.8 Å². The summed E-state index contributed by atoms with van der Waals surface area (Å²) in [4.78, 5) is 26.7. The van der Waals surface area contributed by atoms with Crippen LogP contribution in [0.15, 0.2) is 18.5 Å². The zero-order valence-corrected chi connectivity index (χ0v) is 16.8. The molecule has 10 nitrogen and oxygen atoms in total. The van der Waals surface area contributed by atoms with Gasteiger partial charge in [-0.25, -0.2) is 19.7 Å². The lowest BCUT2D eigenvalue weighted by molar-refractivity contribution is 0.178. The van der Waals surface area contributed by atoms with Crippen LogP contribution in [0, 0.1) is 11.3 Å². The second-order valence-electron chi connectivity index (χ2n) is 7.28. The van der Waals surface area contributed by atoms with Gasteiger partial charge in [-0.05, 0) is 44.8 Å². The van der Waals surface area contributed by atoms with Crippen molar-refractivity contribution in [2.24, 2.45) is 0 Å². The quantitative estimate of drug-likeness (QED) is 0.697. The molecule has 0 radical (unpaired) electrons. The largest absolute Gasteiger partial charge is 0.452 e. The van der Waals surface area contributed by atoms with Crippen molar-refractivity contribution in [1.29, 1.82) is 5.26 Å². The number of piperidine rings is 1. The predicted octanol–water partition coefficient (Wildman–Crippen LogP) is 2.17. The van der Waals surface area contributed by atoms with Crippen LogP contribution >= 0.6 is 0 Å². The molecule has 2 aromatic rings. The van der Waals surface area contributed by atoms with E-state index in [0.717, 1.165) is 44.5 Å². The number of ether oxygens (including phenoxy) is 1. The van der Waals surface area contributed by atoms with Crippen LogP contribution in [0.25, 0.3) is 0 Å². The lowest BCUT2D eigenvalue weighted by Gasteiger charge is -2.27. The molecule has 4 heterocycles. The summed E-state index contributed by atoms with van der Waals surface area (Å²) in [6.45, 7) is 2.49. The fourth-order valence-electron chi connectivity index (χ4n) is 3.75. The number of amides is 1. The van der Waals surface area contributed by atoms with Crippen molar-refractivity contribution >= 4 is 29.1 Å². The molecule has 4 rings (SSSR count). The molecule has 3 N–H and O–H groups in total. The summed E-state index contributed by atoms with van der Waals surface area (Å²) in [5.41, 5.74) is 3.21. The highest BCUT2D eigenvalue weighted by Gasteiger charge is 2.25. The molecule has 2 aliphatic heterocycles. The van der Waals surface area contributed by atoms with Gasteiger partial charge in [-0.15, -0.1) is 0 Å². The van der Waals surface area contributed by atoms with E-state index in [1.165, 1.54) is 7.11 Å². The molecule has 0 bridgehead atoms. The summed E-state index contributed by atoms with van der Waals surface area (Å²) in [6.07, 6.45) is 6.36. The van der Waals surface area contributed by atoms with Crippen LogP contribution in [0.2, 0.25) is 0 Å². The molecule has 0 saturated carbocycles. The number of nitrogens with one attached hydrogen (secondary N) is 3.